The maximum atomic E-state index is 12.5. The van der Waals surface area contributed by atoms with Gasteiger partial charge in [-0.15, -0.1) is 0 Å². The topological polar surface area (TPSA) is 38.8 Å². The second-order valence-electron chi connectivity index (χ2n) is 6.74. The highest BCUT2D eigenvalue weighted by Crippen LogP contribution is 2.28. The summed E-state index contributed by atoms with van der Waals surface area (Å²) < 4.78 is 10.6. The first-order chi connectivity index (χ1) is 10.3. The van der Waals surface area contributed by atoms with Gasteiger partial charge in [-0.1, -0.05) is 33.8 Å². The Labute approximate surface area is 134 Å². The van der Waals surface area contributed by atoms with Gasteiger partial charge in [-0.05, 0) is 29.5 Å². The summed E-state index contributed by atoms with van der Waals surface area (Å²) in [4.78, 5) is 14.4. The monoisotopic (exact) mass is 307 g/mol. The fourth-order valence-electron chi connectivity index (χ4n) is 2.33. The number of carbonyl (C=O) groups is 1. The number of nitrogens with zero attached hydrogens (tertiary/aromatic N) is 1. The van der Waals surface area contributed by atoms with E-state index in [0.717, 1.165) is 18.5 Å². The molecule has 124 valence electrons. The Bertz CT molecular complexity index is 492. The quantitative estimate of drug-likeness (QED) is 0.767. The molecule has 1 aromatic rings. The summed E-state index contributed by atoms with van der Waals surface area (Å²) in [6.45, 7) is 9.72. The third kappa shape index (κ3) is 5.58. The molecule has 0 saturated heterocycles. The van der Waals surface area contributed by atoms with Crippen molar-refractivity contribution in [2.45, 2.75) is 47.1 Å². The Morgan fingerprint density at radius 1 is 1.14 bits per heavy atom. The number of carbonyl (C=O) groups excluding carboxylic acids is 1. The van der Waals surface area contributed by atoms with Crippen LogP contribution in [0, 0.1) is 5.41 Å². The molecule has 22 heavy (non-hydrogen) atoms. The van der Waals surface area contributed by atoms with Gasteiger partial charge in [0.2, 0.25) is 5.91 Å². The van der Waals surface area contributed by atoms with Crippen molar-refractivity contribution in [3.05, 3.63) is 23.8 Å². The number of rotatable bonds is 7. The zero-order chi connectivity index (χ0) is 16.8. The van der Waals surface area contributed by atoms with E-state index in [1.54, 1.807) is 14.2 Å². The highest BCUT2D eigenvalue weighted by Gasteiger charge is 2.21. The van der Waals surface area contributed by atoms with Crippen molar-refractivity contribution in [2.24, 2.45) is 5.41 Å². The van der Waals surface area contributed by atoms with Crippen LogP contribution in [0.15, 0.2) is 18.2 Å². The Hall–Kier alpha value is -1.71. The van der Waals surface area contributed by atoms with Crippen LogP contribution in [0.3, 0.4) is 0 Å². The van der Waals surface area contributed by atoms with E-state index in [9.17, 15) is 4.79 Å². The fraction of sp³-hybridized carbons (Fsp3) is 0.611. The fourth-order valence-corrected chi connectivity index (χ4v) is 2.33. The molecule has 0 heterocycles. The van der Waals surface area contributed by atoms with E-state index in [4.69, 9.17) is 9.47 Å². The van der Waals surface area contributed by atoms with Gasteiger partial charge >= 0.3 is 0 Å². The molecule has 0 unspecified atom stereocenters. The molecule has 0 atom stereocenters. The van der Waals surface area contributed by atoms with Crippen molar-refractivity contribution >= 4 is 5.91 Å². The van der Waals surface area contributed by atoms with Gasteiger partial charge in [-0.3, -0.25) is 4.79 Å². The van der Waals surface area contributed by atoms with Gasteiger partial charge in [-0.2, -0.15) is 0 Å². The van der Waals surface area contributed by atoms with Crippen LogP contribution in [-0.4, -0.2) is 31.6 Å². The highest BCUT2D eigenvalue weighted by molar-refractivity contribution is 5.76. The predicted molar refractivity (Wildman–Crippen MR) is 89.3 cm³/mol. The minimum atomic E-state index is 0.000667. The zero-order valence-electron chi connectivity index (χ0n) is 14.7. The molecule has 0 fully saturated rings. The van der Waals surface area contributed by atoms with E-state index in [-0.39, 0.29) is 11.3 Å². The molecule has 0 radical (unpaired) electrons. The van der Waals surface area contributed by atoms with Gasteiger partial charge in [0.15, 0.2) is 11.5 Å². The molecule has 0 saturated carbocycles. The number of benzene rings is 1. The van der Waals surface area contributed by atoms with E-state index in [0.29, 0.717) is 24.5 Å². The summed E-state index contributed by atoms with van der Waals surface area (Å²) in [6.07, 6.45) is 1.50. The molecular weight excluding hydrogens is 278 g/mol. The van der Waals surface area contributed by atoms with Gasteiger partial charge in [0.05, 0.1) is 14.2 Å². The van der Waals surface area contributed by atoms with E-state index in [1.807, 2.05) is 23.1 Å². The van der Waals surface area contributed by atoms with Crippen LogP contribution in [0.4, 0.5) is 0 Å². The minimum absolute atomic E-state index is 0.000667. The number of ether oxygens (including phenoxy) is 2. The lowest BCUT2D eigenvalue weighted by atomic mass is 9.91. The zero-order valence-corrected chi connectivity index (χ0v) is 14.7. The Morgan fingerprint density at radius 3 is 2.27 bits per heavy atom. The third-order valence-corrected chi connectivity index (χ3v) is 3.35. The lowest BCUT2D eigenvalue weighted by molar-refractivity contribution is -0.133. The van der Waals surface area contributed by atoms with Crippen LogP contribution in [0.25, 0.3) is 0 Å². The smallest absolute Gasteiger partial charge is 0.223 e. The first kappa shape index (κ1) is 18.3. The summed E-state index contributed by atoms with van der Waals surface area (Å²) in [5.74, 6) is 1.60. The predicted octanol–water partition coefficient (Wildman–Crippen LogP) is 3.88. The average Bonchev–Trinajstić information content (AvgIpc) is 2.44. The number of hydrogen-bond donors (Lipinski definition) is 0. The Balaban J connectivity index is 2.89. The molecule has 0 aliphatic heterocycles. The molecule has 1 rings (SSSR count). The highest BCUT2D eigenvalue weighted by atomic mass is 16.5. The maximum Gasteiger partial charge on any atom is 0.223 e. The van der Waals surface area contributed by atoms with Gasteiger partial charge in [-0.25, -0.2) is 0 Å². The van der Waals surface area contributed by atoms with Crippen molar-refractivity contribution in [1.82, 2.24) is 4.90 Å². The van der Waals surface area contributed by atoms with Crippen LogP contribution >= 0.6 is 0 Å². The summed E-state index contributed by atoms with van der Waals surface area (Å²) >= 11 is 0. The summed E-state index contributed by atoms with van der Waals surface area (Å²) in [6, 6.07) is 5.80. The SMILES string of the molecule is CCCN(Cc1ccc(OC)c(OC)c1)C(=O)CC(C)(C)C. The minimum Gasteiger partial charge on any atom is -0.493 e. The van der Waals surface area contributed by atoms with Crippen molar-refractivity contribution in [1.29, 1.82) is 0 Å². The normalized spacial score (nSPS) is 11.2. The molecule has 1 aromatic carbocycles. The van der Waals surface area contributed by atoms with E-state index in [2.05, 4.69) is 27.7 Å². The van der Waals surface area contributed by atoms with Crippen molar-refractivity contribution in [3.8, 4) is 11.5 Å². The van der Waals surface area contributed by atoms with Crippen LogP contribution in [0.5, 0.6) is 11.5 Å². The molecular formula is C18H29NO3. The van der Waals surface area contributed by atoms with Crippen LogP contribution < -0.4 is 9.47 Å². The lowest BCUT2D eigenvalue weighted by Gasteiger charge is -2.26. The number of amides is 1. The lowest BCUT2D eigenvalue weighted by Crippen LogP contribution is -2.33. The average molecular weight is 307 g/mol. The van der Waals surface area contributed by atoms with Crippen molar-refractivity contribution < 1.29 is 14.3 Å². The van der Waals surface area contributed by atoms with Crippen molar-refractivity contribution in [2.75, 3.05) is 20.8 Å². The van der Waals surface area contributed by atoms with Gasteiger partial charge in [0.25, 0.3) is 0 Å². The second-order valence-corrected chi connectivity index (χ2v) is 6.74. The van der Waals surface area contributed by atoms with E-state index in [1.165, 1.54) is 0 Å². The molecule has 4 heteroatoms. The summed E-state index contributed by atoms with van der Waals surface area (Å²) in [5.41, 5.74) is 1.05. The van der Waals surface area contributed by atoms with Gasteiger partial charge in [0.1, 0.15) is 0 Å². The van der Waals surface area contributed by atoms with E-state index < -0.39 is 0 Å². The summed E-state index contributed by atoms with van der Waals surface area (Å²) in [7, 11) is 3.24. The van der Waals surface area contributed by atoms with Gasteiger partial charge < -0.3 is 14.4 Å². The molecule has 0 aliphatic rings. The maximum absolute atomic E-state index is 12.5. The Kier molecular flexibility index (Phi) is 6.72. The first-order valence-electron chi connectivity index (χ1n) is 7.79. The van der Waals surface area contributed by atoms with Gasteiger partial charge in [0, 0.05) is 19.5 Å². The molecule has 0 aliphatic carbocycles. The molecule has 0 bridgehead atoms. The largest absolute Gasteiger partial charge is 0.493 e. The second kappa shape index (κ2) is 8.06. The molecule has 0 spiro atoms. The standard InChI is InChI=1S/C18H29NO3/c1-7-10-19(17(20)12-18(2,3)4)13-14-8-9-15(21-5)16(11-14)22-6/h8-9,11H,7,10,12-13H2,1-6H3. The Morgan fingerprint density at radius 2 is 1.77 bits per heavy atom. The third-order valence-electron chi connectivity index (χ3n) is 3.35. The molecule has 0 aromatic heterocycles. The number of hydrogen-bond acceptors (Lipinski definition) is 3. The molecule has 0 N–H and O–H groups in total. The first-order valence-corrected chi connectivity index (χ1v) is 7.79. The van der Waals surface area contributed by atoms with Crippen LogP contribution in [0.1, 0.15) is 46.1 Å². The van der Waals surface area contributed by atoms with Crippen LogP contribution in [0.2, 0.25) is 0 Å². The van der Waals surface area contributed by atoms with Crippen LogP contribution in [-0.2, 0) is 11.3 Å². The number of methoxy groups -OCH3 is 2. The van der Waals surface area contributed by atoms with E-state index >= 15 is 0 Å². The molecule has 1 amide bonds. The molecule has 4 nitrogen and oxygen atoms in total. The summed E-state index contributed by atoms with van der Waals surface area (Å²) in [5, 5.41) is 0. The van der Waals surface area contributed by atoms with Crippen molar-refractivity contribution in [3.63, 3.8) is 0 Å².